The molecule has 17 heavy (non-hydrogen) atoms. The van der Waals surface area contributed by atoms with Gasteiger partial charge in [0.2, 0.25) is 0 Å². The average molecular weight is 251 g/mol. The van der Waals surface area contributed by atoms with Gasteiger partial charge in [-0.25, -0.2) is 0 Å². The molecule has 5 heteroatoms. The molecule has 2 nitrogen and oxygen atoms in total. The standard InChI is InChI=1S/C12H20F3NO/c1-11(2,16-8-3-4-9-16)10(17)6-5-7-12(13,14)15/h3-9H2,1-2H3. The van der Waals surface area contributed by atoms with Crippen LogP contribution in [0.1, 0.15) is 46.0 Å². The number of ketones is 1. The van der Waals surface area contributed by atoms with Gasteiger partial charge in [-0.2, -0.15) is 13.2 Å². The molecule has 100 valence electrons. The molecular weight excluding hydrogens is 231 g/mol. The maximum atomic E-state index is 12.0. The molecule has 0 unspecified atom stereocenters. The Bertz CT molecular complexity index is 267. The van der Waals surface area contributed by atoms with Crippen LogP contribution in [0.15, 0.2) is 0 Å². The smallest absolute Gasteiger partial charge is 0.298 e. The van der Waals surface area contributed by atoms with Crippen molar-refractivity contribution < 1.29 is 18.0 Å². The third kappa shape index (κ3) is 4.30. The van der Waals surface area contributed by atoms with Gasteiger partial charge in [0.05, 0.1) is 5.54 Å². The van der Waals surface area contributed by atoms with Crippen molar-refractivity contribution in [3.8, 4) is 0 Å². The molecule has 0 N–H and O–H groups in total. The monoisotopic (exact) mass is 251 g/mol. The molecule has 1 saturated heterocycles. The Morgan fingerprint density at radius 2 is 1.71 bits per heavy atom. The van der Waals surface area contributed by atoms with Crippen LogP contribution in [-0.4, -0.2) is 35.5 Å². The lowest BCUT2D eigenvalue weighted by Crippen LogP contribution is -2.48. The highest BCUT2D eigenvalue weighted by molar-refractivity contribution is 5.87. The van der Waals surface area contributed by atoms with Crippen LogP contribution in [0, 0.1) is 0 Å². The van der Waals surface area contributed by atoms with E-state index in [2.05, 4.69) is 4.90 Å². The van der Waals surface area contributed by atoms with Gasteiger partial charge in [0.15, 0.2) is 5.78 Å². The minimum absolute atomic E-state index is 0.0169. The van der Waals surface area contributed by atoms with Crippen LogP contribution in [0.2, 0.25) is 0 Å². The first-order chi connectivity index (χ1) is 7.73. The second kappa shape index (κ2) is 5.38. The van der Waals surface area contributed by atoms with Crippen molar-refractivity contribution in [2.24, 2.45) is 0 Å². The maximum absolute atomic E-state index is 12.0. The quantitative estimate of drug-likeness (QED) is 0.748. The summed E-state index contributed by atoms with van der Waals surface area (Å²) in [6.45, 7) is 5.37. The number of Topliss-reactive ketones (excluding diaryl/α,β-unsaturated/α-hetero) is 1. The molecule has 0 aliphatic carbocycles. The van der Waals surface area contributed by atoms with Gasteiger partial charge in [-0.3, -0.25) is 9.69 Å². The summed E-state index contributed by atoms with van der Waals surface area (Å²) in [7, 11) is 0. The summed E-state index contributed by atoms with van der Waals surface area (Å²) in [4.78, 5) is 14.0. The van der Waals surface area contributed by atoms with Crippen molar-refractivity contribution in [2.75, 3.05) is 13.1 Å². The van der Waals surface area contributed by atoms with Gasteiger partial charge in [0.25, 0.3) is 0 Å². The van der Waals surface area contributed by atoms with E-state index in [1.165, 1.54) is 0 Å². The number of rotatable bonds is 5. The fourth-order valence-electron chi connectivity index (χ4n) is 2.21. The first-order valence-electron chi connectivity index (χ1n) is 6.08. The third-order valence-electron chi connectivity index (χ3n) is 3.44. The number of hydrogen-bond donors (Lipinski definition) is 0. The number of likely N-dealkylation sites (tertiary alicyclic amines) is 1. The van der Waals surface area contributed by atoms with E-state index in [1.807, 2.05) is 13.8 Å². The predicted octanol–water partition coefficient (Wildman–Crippen LogP) is 3.16. The Hall–Kier alpha value is -0.580. The maximum Gasteiger partial charge on any atom is 0.389 e. The van der Waals surface area contributed by atoms with Crippen LogP contribution in [0.4, 0.5) is 13.2 Å². The van der Waals surface area contributed by atoms with Crippen LogP contribution in [-0.2, 0) is 4.79 Å². The van der Waals surface area contributed by atoms with Crippen molar-refractivity contribution in [2.45, 2.75) is 57.7 Å². The first kappa shape index (κ1) is 14.5. The molecule has 0 atom stereocenters. The summed E-state index contributed by atoms with van der Waals surface area (Å²) in [5, 5.41) is 0. The summed E-state index contributed by atoms with van der Waals surface area (Å²) in [5.41, 5.74) is -0.609. The van der Waals surface area contributed by atoms with Crippen molar-refractivity contribution >= 4 is 5.78 Å². The second-order valence-corrected chi connectivity index (χ2v) is 5.15. The van der Waals surface area contributed by atoms with E-state index in [4.69, 9.17) is 0 Å². The lowest BCUT2D eigenvalue weighted by Gasteiger charge is -2.34. The van der Waals surface area contributed by atoms with Crippen LogP contribution >= 0.6 is 0 Å². The molecule has 0 amide bonds. The summed E-state index contributed by atoms with van der Waals surface area (Å²) < 4.78 is 35.9. The molecule has 0 radical (unpaired) electrons. The van der Waals surface area contributed by atoms with E-state index in [0.29, 0.717) is 0 Å². The minimum atomic E-state index is -4.15. The summed E-state index contributed by atoms with van der Waals surface area (Å²) in [5.74, 6) is -0.0800. The highest BCUT2D eigenvalue weighted by Crippen LogP contribution is 2.26. The zero-order valence-corrected chi connectivity index (χ0v) is 10.4. The van der Waals surface area contributed by atoms with E-state index < -0.39 is 18.1 Å². The summed E-state index contributed by atoms with van der Waals surface area (Å²) in [6.07, 6.45) is -2.96. The van der Waals surface area contributed by atoms with Gasteiger partial charge in [0, 0.05) is 12.8 Å². The Morgan fingerprint density at radius 1 is 1.18 bits per heavy atom. The van der Waals surface area contributed by atoms with Gasteiger partial charge in [-0.05, 0) is 46.2 Å². The lowest BCUT2D eigenvalue weighted by molar-refractivity contribution is -0.139. The van der Waals surface area contributed by atoms with E-state index >= 15 is 0 Å². The van der Waals surface area contributed by atoms with Crippen LogP contribution in [0.25, 0.3) is 0 Å². The number of hydrogen-bond acceptors (Lipinski definition) is 2. The molecule has 1 fully saturated rings. The molecule has 1 heterocycles. The van der Waals surface area contributed by atoms with Crippen LogP contribution in [0.3, 0.4) is 0 Å². The Labute approximate surface area is 100 Å². The number of alkyl halides is 3. The Balaban J connectivity index is 2.40. The average Bonchev–Trinajstić information content (AvgIpc) is 2.68. The van der Waals surface area contributed by atoms with Crippen LogP contribution in [0.5, 0.6) is 0 Å². The lowest BCUT2D eigenvalue weighted by atomic mass is 9.93. The molecule has 1 rings (SSSR count). The number of carbonyl (C=O) groups is 1. The molecule has 0 saturated carbocycles. The van der Waals surface area contributed by atoms with E-state index in [9.17, 15) is 18.0 Å². The highest BCUT2D eigenvalue weighted by atomic mass is 19.4. The van der Waals surface area contributed by atoms with Gasteiger partial charge in [0.1, 0.15) is 0 Å². The van der Waals surface area contributed by atoms with Gasteiger partial charge in [-0.1, -0.05) is 0 Å². The third-order valence-corrected chi connectivity index (χ3v) is 3.44. The zero-order valence-electron chi connectivity index (χ0n) is 10.4. The number of nitrogens with zero attached hydrogens (tertiary/aromatic N) is 1. The second-order valence-electron chi connectivity index (χ2n) is 5.15. The first-order valence-corrected chi connectivity index (χ1v) is 6.08. The van der Waals surface area contributed by atoms with E-state index in [0.717, 1.165) is 25.9 Å². The molecular formula is C12H20F3NO. The zero-order chi connectivity index (χ0) is 13.1. The SMILES string of the molecule is CC(C)(C(=O)CCCC(F)(F)F)N1CCCC1. The molecule has 0 bridgehead atoms. The van der Waals surface area contributed by atoms with Gasteiger partial charge < -0.3 is 0 Å². The largest absolute Gasteiger partial charge is 0.389 e. The summed E-state index contributed by atoms with van der Waals surface area (Å²) in [6, 6.07) is 0. The van der Waals surface area contributed by atoms with Gasteiger partial charge in [-0.15, -0.1) is 0 Å². The molecule has 0 aromatic carbocycles. The Kier molecular flexibility index (Phi) is 4.58. The molecule has 0 aromatic heterocycles. The van der Waals surface area contributed by atoms with Crippen molar-refractivity contribution in [3.63, 3.8) is 0 Å². The van der Waals surface area contributed by atoms with Crippen LogP contribution < -0.4 is 0 Å². The van der Waals surface area contributed by atoms with Crippen molar-refractivity contribution in [1.82, 2.24) is 4.90 Å². The molecule has 1 aliphatic rings. The predicted molar refractivity (Wildman–Crippen MR) is 59.8 cm³/mol. The van der Waals surface area contributed by atoms with Gasteiger partial charge >= 0.3 is 6.18 Å². The molecule has 1 aliphatic heterocycles. The summed E-state index contributed by atoms with van der Waals surface area (Å²) >= 11 is 0. The molecule has 0 spiro atoms. The number of carbonyl (C=O) groups excluding carboxylic acids is 1. The topological polar surface area (TPSA) is 20.3 Å². The minimum Gasteiger partial charge on any atom is -0.298 e. The Morgan fingerprint density at radius 3 is 2.18 bits per heavy atom. The number of halogens is 3. The van der Waals surface area contributed by atoms with E-state index in [1.54, 1.807) is 0 Å². The normalized spacial score (nSPS) is 18.6. The molecule has 0 aromatic rings. The van der Waals surface area contributed by atoms with Crippen molar-refractivity contribution in [1.29, 1.82) is 0 Å². The highest BCUT2D eigenvalue weighted by Gasteiger charge is 2.36. The van der Waals surface area contributed by atoms with Crippen molar-refractivity contribution in [3.05, 3.63) is 0 Å². The fourth-order valence-corrected chi connectivity index (χ4v) is 2.21. The fraction of sp³-hybridized carbons (Fsp3) is 0.917. The van der Waals surface area contributed by atoms with E-state index in [-0.39, 0.29) is 18.6 Å².